The number of hydrogen-bond acceptors (Lipinski definition) is 3. The molecule has 122 valence electrons. The molecule has 0 N–H and O–H groups in total. The minimum absolute atomic E-state index is 0.329. The average molecular weight is 332 g/mol. The number of rotatable bonds is 4. The number of carbonyl (C=O) groups excluding carboxylic acids is 1. The molecule has 1 aromatic heterocycles. The van der Waals surface area contributed by atoms with Gasteiger partial charge in [0.1, 0.15) is 18.1 Å². The van der Waals surface area contributed by atoms with Crippen LogP contribution < -0.4 is 0 Å². The molecular weight excluding hydrogens is 323 g/mol. The first-order valence-corrected chi connectivity index (χ1v) is 6.23. The largest absolute Gasteiger partial charge is 0.462 e. The molecule has 0 spiro atoms. The van der Waals surface area contributed by atoms with E-state index >= 15 is 0 Å². The molecular formula is C15H9F5O3. The number of furan rings is 1. The van der Waals surface area contributed by atoms with Crippen LogP contribution in [0.25, 0.3) is 6.08 Å². The molecule has 0 unspecified atom stereocenters. The van der Waals surface area contributed by atoms with Gasteiger partial charge in [-0.1, -0.05) is 0 Å². The molecule has 1 heterocycles. The van der Waals surface area contributed by atoms with Crippen molar-refractivity contribution in [2.45, 2.75) is 13.5 Å². The Balaban J connectivity index is 2.09. The van der Waals surface area contributed by atoms with E-state index in [0.29, 0.717) is 11.5 Å². The molecule has 23 heavy (non-hydrogen) atoms. The highest BCUT2D eigenvalue weighted by atomic mass is 19.2. The van der Waals surface area contributed by atoms with Gasteiger partial charge in [0.05, 0.1) is 5.56 Å². The van der Waals surface area contributed by atoms with Crippen molar-refractivity contribution in [1.29, 1.82) is 0 Å². The second-order valence-electron chi connectivity index (χ2n) is 4.44. The zero-order valence-corrected chi connectivity index (χ0v) is 11.6. The topological polar surface area (TPSA) is 39.4 Å². The van der Waals surface area contributed by atoms with Gasteiger partial charge < -0.3 is 9.15 Å². The van der Waals surface area contributed by atoms with E-state index in [1.807, 2.05) is 0 Å². The van der Waals surface area contributed by atoms with Gasteiger partial charge in [-0.2, -0.15) is 0 Å². The van der Waals surface area contributed by atoms with Crippen molar-refractivity contribution in [1.82, 2.24) is 0 Å². The van der Waals surface area contributed by atoms with Crippen molar-refractivity contribution in [2.75, 3.05) is 0 Å². The number of carbonyl (C=O) groups is 1. The summed E-state index contributed by atoms with van der Waals surface area (Å²) in [5.41, 5.74) is -1.23. The van der Waals surface area contributed by atoms with Gasteiger partial charge in [0.25, 0.3) is 0 Å². The molecule has 8 heteroatoms. The number of ether oxygens (including phenoxy) is 1. The van der Waals surface area contributed by atoms with E-state index in [2.05, 4.69) is 4.74 Å². The fourth-order valence-corrected chi connectivity index (χ4v) is 1.66. The van der Waals surface area contributed by atoms with Gasteiger partial charge in [0.2, 0.25) is 5.82 Å². The molecule has 0 fully saturated rings. The summed E-state index contributed by atoms with van der Waals surface area (Å²) in [5.74, 6) is -10.7. The zero-order chi connectivity index (χ0) is 17.1. The second kappa shape index (κ2) is 6.64. The molecule has 0 aliphatic carbocycles. The van der Waals surface area contributed by atoms with Gasteiger partial charge in [-0.25, -0.2) is 26.7 Å². The molecule has 0 aliphatic heterocycles. The fourth-order valence-electron chi connectivity index (χ4n) is 1.66. The maximum atomic E-state index is 13.4. The smallest absolute Gasteiger partial charge is 0.331 e. The normalized spacial score (nSPS) is 11.2. The van der Waals surface area contributed by atoms with Gasteiger partial charge in [-0.3, -0.25) is 0 Å². The summed E-state index contributed by atoms with van der Waals surface area (Å²) in [6.07, 6.45) is 2.12. The average Bonchev–Trinajstić information content (AvgIpc) is 2.94. The van der Waals surface area contributed by atoms with Crippen molar-refractivity contribution < 1.29 is 35.9 Å². The van der Waals surface area contributed by atoms with Gasteiger partial charge in [-0.15, -0.1) is 0 Å². The van der Waals surface area contributed by atoms with Crippen LogP contribution in [0.5, 0.6) is 0 Å². The van der Waals surface area contributed by atoms with Gasteiger partial charge in [-0.05, 0) is 25.1 Å². The van der Waals surface area contributed by atoms with E-state index in [4.69, 9.17) is 4.42 Å². The Morgan fingerprint density at radius 1 is 1.04 bits per heavy atom. The molecule has 0 bridgehead atoms. The van der Waals surface area contributed by atoms with Crippen LogP contribution in [-0.2, 0) is 16.1 Å². The zero-order valence-electron chi connectivity index (χ0n) is 11.6. The molecule has 0 saturated heterocycles. The Labute approximate surface area is 127 Å². The third kappa shape index (κ3) is 3.58. The highest BCUT2D eigenvalue weighted by Gasteiger charge is 2.26. The van der Waals surface area contributed by atoms with Gasteiger partial charge >= 0.3 is 5.97 Å². The number of esters is 1. The van der Waals surface area contributed by atoms with Crippen LogP contribution in [0.4, 0.5) is 22.0 Å². The lowest BCUT2D eigenvalue weighted by molar-refractivity contribution is -0.139. The molecule has 0 radical (unpaired) electrons. The molecule has 2 rings (SSSR count). The second-order valence-corrected chi connectivity index (χ2v) is 4.44. The van der Waals surface area contributed by atoms with Crippen LogP contribution in [0.15, 0.2) is 22.6 Å². The van der Waals surface area contributed by atoms with E-state index in [9.17, 15) is 26.7 Å². The number of aryl methyl sites for hydroxylation is 1. The lowest BCUT2D eigenvalue weighted by atomic mass is 10.2. The van der Waals surface area contributed by atoms with Crippen LogP contribution in [0.2, 0.25) is 0 Å². The quantitative estimate of drug-likeness (QED) is 0.279. The molecule has 0 saturated carbocycles. The predicted molar refractivity (Wildman–Crippen MR) is 68.5 cm³/mol. The highest BCUT2D eigenvalue weighted by molar-refractivity contribution is 5.86. The van der Waals surface area contributed by atoms with E-state index in [1.54, 1.807) is 19.1 Å². The van der Waals surface area contributed by atoms with E-state index in [-0.39, 0.29) is 0 Å². The Kier molecular flexibility index (Phi) is 4.83. The first kappa shape index (κ1) is 16.7. The first-order chi connectivity index (χ1) is 10.8. The molecule has 3 nitrogen and oxygen atoms in total. The van der Waals surface area contributed by atoms with Crippen LogP contribution in [0.3, 0.4) is 0 Å². The molecule has 0 amide bonds. The Bertz CT molecular complexity index is 751. The minimum Gasteiger partial charge on any atom is -0.462 e. The summed E-state index contributed by atoms with van der Waals surface area (Å²) in [4.78, 5) is 11.4. The molecule has 0 aliphatic rings. The number of halogens is 5. The number of hydrogen-bond donors (Lipinski definition) is 0. The fraction of sp³-hybridized carbons (Fsp3) is 0.133. The maximum absolute atomic E-state index is 13.4. The third-order valence-electron chi connectivity index (χ3n) is 2.80. The SMILES string of the molecule is Cc1ccc(C=CC(=O)OCc2c(F)c(F)c(F)c(F)c2F)o1. The monoisotopic (exact) mass is 332 g/mol. The Morgan fingerprint density at radius 3 is 2.13 bits per heavy atom. The first-order valence-electron chi connectivity index (χ1n) is 6.23. The van der Waals surface area contributed by atoms with Crippen molar-refractivity contribution in [3.05, 3.63) is 64.4 Å². The summed E-state index contributed by atoms with van der Waals surface area (Å²) >= 11 is 0. The van der Waals surface area contributed by atoms with Gasteiger partial charge in [0.15, 0.2) is 23.3 Å². The van der Waals surface area contributed by atoms with Crippen LogP contribution in [0, 0.1) is 36.0 Å². The summed E-state index contributed by atoms with van der Waals surface area (Å²) < 4.78 is 75.1. The summed E-state index contributed by atoms with van der Waals surface area (Å²) in [5, 5.41) is 0. The Morgan fingerprint density at radius 2 is 1.61 bits per heavy atom. The predicted octanol–water partition coefficient (Wildman–Crippen LogP) is 4.04. The van der Waals surface area contributed by atoms with E-state index < -0.39 is 47.2 Å². The van der Waals surface area contributed by atoms with Crippen molar-refractivity contribution in [3.63, 3.8) is 0 Å². The standard InChI is InChI=1S/C15H9F5O3/c1-7-2-3-8(23-7)4-5-10(21)22-6-9-11(16)13(18)15(20)14(19)12(9)17/h2-5H,6H2,1H3. The molecule has 0 atom stereocenters. The summed E-state index contributed by atoms with van der Waals surface area (Å²) in [7, 11) is 0. The maximum Gasteiger partial charge on any atom is 0.331 e. The van der Waals surface area contributed by atoms with E-state index in [0.717, 1.165) is 6.08 Å². The summed E-state index contributed by atoms with van der Waals surface area (Å²) in [6.45, 7) is 0.574. The molecule has 1 aromatic carbocycles. The highest BCUT2D eigenvalue weighted by Crippen LogP contribution is 2.23. The lowest BCUT2D eigenvalue weighted by Gasteiger charge is -2.08. The van der Waals surface area contributed by atoms with Crippen molar-refractivity contribution in [3.8, 4) is 0 Å². The lowest BCUT2D eigenvalue weighted by Crippen LogP contribution is -2.10. The van der Waals surface area contributed by atoms with Crippen molar-refractivity contribution in [2.24, 2.45) is 0 Å². The van der Waals surface area contributed by atoms with E-state index in [1.165, 1.54) is 6.08 Å². The van der Waals surface area contributed by atoms with Crippen LogP contribution >= 0.6 is 0 Å². The summed E-state index contributed by atoms with van der Waals surface area (Å²) in [6, 6.07) is 3.20. The van der Waals surface area contributed by atoms with Gasteiger partial charge in [0, 0.05) is 6.08 Å². The Hall–Kier alpha value is -2.64. The van der Waals surface area contributed by atoms with Crippen LogP contribution in [0.1, 0.15) is 17.1 Å². The molecule has 2 aromatic rings. The number of benzene rings is 1. The van der Waals surface area contributed by atoms with Crippen molar-refractivity contribution >= 4 is 12.0 Å². The third-order valence-corrected chi connectivity index (χ3v) is 2.80. The minimum atomic E-state index is -2.27. The van der Waals surface area contributed by atoms with Crippen LogP contribution in [-0.4, -0.2) is 5.97 Å².